The van der Waals surface area contributed by atoms with Gasteiger partial charge in [-0.3, -0.25) is 4.79 Å². The molecule has 9 heteroatoms. The SMILES string of the molecule is CC(c1ccc(CC(=O)N2CCN(c3ccc(C#N)nn3)[C@H](C)C2)cc1)C(F)(F)F. The number of aromatic nitrogens is 2. The molecule has 0 spiro atoms. The molecule has 30 heavy (non-hydrogen) atoms. The molecule has 6 nitrogen and oxygen atoms in total. The zero-order valence-corrected chi connectivity index (χ0v) is 16.7. The van der Waals surface area contributed by atoms with Gasteiger partial charge in [-0.25, -0.2) is 0 Å². The molecule has 0 bridgehead atoms. The zero-order valence-electron chi connectivity index (χ0n) is 16.7. The third kappa shape index (κ3) is 4.87. The number of hydrogen-bond acceptors (Lipinski definition) is 5. The van der Waals surface area contributed by atoms with E-state index in [1.54, 1.807) is 29.2 Å². The lowest BCUT2D eigenvalue weighted by molar-refractivity contribution is -0.146. The molecule has 0 aliphatic carbocycles. The van der Waals surface area contributed by atoms with Crippen molar-refractivity contribution in [2.45, 2.75) is 38.4 Å². The van der Waals surface area contributed by atoms with E-state index in [1.165, 1.54) is 12.1 Å². The molecule has 2 aromatic rings. The second-order valence-electron chi connectivity index (χ2n) is 7.45. The summed E-state index contributed by atoms with van der Waals surface area (Å²) in [4.78, 5) is 16.5. The summed E-state index contributed by atoms with van der Waals surface area (Å²) in [5, 5.41) is 16.7. The van der Waals surface area contributed by atoms with E-state index in [2.05, 4.69) is 10.2 Å². The van der Waals surface area contributed by atoms with Crippen LogP contribution < -0.4 is 4.90 Å². The van der Waals surface area contributed by atoms with Gasteiger partial charge in [0.15, 0.2) is 11.5 Å². The Labute approximate surface area is 172 Å². The Bertz CT molecular complexity index is 922. The van der Waals surface area contributed by atoms with Crippen LogP contribution in [0.5, 0.6) is 0 Å². The fraction of sp³-hybridized carbons (Fsp3) is 0.429. The third-order valence-corrected chi connectivity index (χ3v) is 5.37. The van der Waals surface area contributed by atoms with Crippen LogP contribution in [-0.2, 0) is 11.2 Å². The summed E-state index contributed by atoms with van der Waals surface area (Å²) in [6.45, 7) is 4.69. The predicted octanol–water partition coefficient (Wildman–Crippen LogP) is 3.29. The molecule has 0 radical (unpaired) electrons. The molecule has 2 heterocycles. The minimum atomic E-state index is -4.29. The number of piperazine rings is 1. The van der Waals surface area contributed by atoms with Crippen LogP contribution in [0, 0.1) is 11.3 Å². The minimum absolute atomic E-state index is 0.0138. The van der Waals surface area contributed by atoms with Crippen molar-refractivity contribution in [2.75, 3.05) is 24.5 Å². The lowest BCUT2D eigenvalue weighted by Crippen LogP contribution is -2.54. The Balaban J connectivity index is 1.59. The van der Waals surface area contributed by atoms with Gasteiger partial charge in [-0.15, -0.1) is 10.2 Å². The fourth-order valence-corrected chi connectivity index (χ4v) is 3.46. The molecule has 1 aliphatic heterocycles. The fourth-order valence-electron chi connectivity index (χ4n) is 3.46. The number of hydrogen-bond donors (Lipinski definition) is 0. The normalized spacial score (nSPS) is 18.1. The van der Waals surface area contributed by atoms with Gasteiger partial charge in [-0.1, -0.05) is 24.3 Å². The number of rotatable bonds is 4. The summed E-state index contributed by atoms with van der Waals surface area (Å²) in [5.74, 6) is -0.950. The van der Waals surface area contributed by atoms with Crippen LogP contribution in [-0.4, -0.2) is 52.9 Å². The molecule has 158 valence electrons. The van der Waals surface area contributed by atoms with Gasteiger partial charge in [0.05, 0.1) is 12.3 Å². The van der Waals surface area contributed by atoms with E-state index in [9.17, 15) is 18.0 Å². The number of carbonyl (C=O) groups is 1. The standard InChI is InChI=1S/C21H22F3N5O/c1-14-13-28(9-10-29(14)19-8-7-18(12-25)26-27-19)20(30)11-16-3-5-17(6-4-16)15(2)21(22,23)24/h3-8,14-15H,9-11,13H2,1-2H3/t14-,15?/m1/s1. The zero-order chi connectivity index (χ0) is 21.9. The first-order valence-corrected chi connectivity index (χ1v) is 9.63. The first-order chi connectivity index (χ1) is 14.2. The van der Waals surface area contributed by atoms with E-state index in [0.717, 1.165) is 6.92 Å². The topological polar surface area (TPSA) is 73.1 Å². The second-order valence-corrected chi connectivity index (χ2v) is 7.45. The van der Waals surface area contributed by atoms with E-state index >= 15 is 0 Å². The van der Waals surface area contributed by atoms with E-state index in [1.807, 2.05) is 17.9 Å². The lowest BCUT2D eigenvalue weighted by Gasteiger charge is -2.40. The molecule has 1 aliphatic rings. The van der Waals surface area contributed by atoms with Gasteiger partial charge in [0.25, 0.3) is 0 Å². The van der Waals surface area contributed by atoms with Crippen molar-refractivity contribution in [1.29, 1.82) is 5.26 Å². The number of alkyl halides is 3. The maximum Gasteiger partial charge on any atom is 0.395 e. The Morgan fingerprint density at radius 2 is 1.90 bits per heavy atom. The average molecular weight is 417 g/mol. The molecule has 1 fully saturated rings. The van der Waals surface area contributed by atoms with Crippen molar-refractivity contribution in [3.8, 4) is 6.07 Å². The monoisotopic (exact) mass is 417 g/mol. The highest BCUT2D eigenvalue weighted by Gasteiger charge is 2.37. The highest BCUT2D eigenvalue weighted by Crippen LogP contribution is 2.34. The van der Waals surface area contributed by atoms with Gasteiger partial charge in [-0.05, 0) is 37.1 Å². The van der Waals surface area contributed by atoms with Gasteiger partial charge in [-0.2, -0.15) is 18.4 Å². The predicted molar refractivity (Wildman–Crippen MR) is 105 cm³/mol. The van der Waals surface area contributed by atoms with Gasteiger partial charge in [0.2, 0.25) is 5.91 Å². The molecule has 1 aromatic heterocycles. The van der Waals surface area contributed by atoms with Crippen molar-refractivity contribution in [1.82, 2.24) is 15.1 Å². The number of amides is 1. The first-order valence-electron chi connectivity index (χ1n) is 9.63. The van der Waals surface area contributed by atoms with E-state index < -0.39 is 12.1 Å². The minimum Gasteiger partial charge on any atom is -0.349 e. The second kappa shape index (κ2) is 8.69. The van der Waals surface area contributed by atoms with E-state index in [4.69, 9.17) is 5.26 Å². The maximum absolute atomic E-state index is 12.8. The smallest absolute Gasteiger partial charge is 0.349 e. The van der Waals surface area contributed by atoms with Crippen LogP contribution in [0.2, 0.25) is 0 Å². The number of anilines is 1. The molecule has 1 aromatic carbocycles. The average Bonchev–Trinajstić information content (AvgIpc) is 2.73. The number of nitriles is 1. The van der Waals surface area contributed by atoms with Crippen molar-refractivity contribution < 1.29 is 18.0 Å². The molecule has 1 unspecified atom stereocenters. The van der Waals surface area contributed by atoms with Gasteiger partial charge < -0.3 is 9.80 Å². The first kappa shape index (κ1) is 21.6. The number of carbonyl (C=O) groups excluding carboxylic acids is 1. The number of benzene rings is 1. The number of nitrogens with zero attached hydrogens (tertiary/aromatic N) is 5. The van der Waals surface area contributed by atoms with E-state index in [0.29, 0.717) is 31.0 Å². The largest absolute Gasteiger partial charge is 0.395 e. The summed E-state index contributed by atoms with van der Waals surface area (Å²) in [7, 11) is 0. The van der Waals surface area contributed by atoms with Crippen LogP contribution in [0.1, 0.15) is 36.6 Å². The summed E-state index contributed by atoms with van der Waals surface area (Å²) in [6, 6.07) is 11.3. The molecule has 0 N–H and O–H groups in total. The summed E-state index contributed by atoms with van der Waals surface area (Å²) >= 11 is 0. The third-order valence-electron chi connectivity index (χ3n) is 5.37. The Hall–Kier alpha value is -3.15. The highest BCUT2D eigenvalue weighted by molar-refractivity contribution is 5.79. The van der Waals surface area contributed by atoms with Crippen molar-refractivity contribution in [3.63, 3.8) is 0 Å². The van der Waals surface area contributed by atoms with Gasteiger partial charge >= 0.3 is 6.18 Å². The molecule has 0 saturated carbocycles. The lowest BCUT2D eigenvalue weighted by atomic mass is 9.98. The Kier molecular flexibility index (Phi) is 6.25. The van der Waals surface area contributed by atoms with Crippen LogP contribution >= 0.6 is 0 Å². The van der Waals surface area contributed by atoms with Crippen LogP contribution in [0.25, 0.3) is 0 Å². The van der Waals surface area contributed by atoms with Crippen LogP contribution in [0.15, 0.2) is 36.4 Å². The maximum atomic E-state index is 12.8. The summed E-state index contributed by atoms with van der Waals surface area (Å²) in [6.07, 6.45) is -4.14. The molecule has 1 amide bonds. The highest BCUT2D eigenvalue weighted by atomic mass is 19.4. The summed E-state index contributed by atoms with van der Waals surface area (Å²) in [5.41, 5.74) is 1.12. The van der Waals surface area contributed by atoms with Crippen molar-refractivity contribution in [3.05, 3.63) is 53.2 Å². The molecular weight excluding hydrogens is 395 g/mol. The van der Waals surface area contributed by atoms with Gasteiger partial charge in [0, 0.05) is 25.7 Å². The molecular formula is C21H22F3N5O. The van der Waals surface area contributed by atoms with E-state index in [-0.39, 0.29) is 29.6 Å². The Morgan fingerprint density at radius 3 is 2.43 bits per heavy atom. The van der Waals surface area contributed by atoms with Gasteiger partial charge in [0.1, 0.15) is 6.07 Å². The summed E-state index contributed by atoms with van der Waals surface area (Å²) < 4.78 is 38.5. The quantitative estimate of drug-likeness (QED) is 0.763. The molecule has 1 saturated heterocycles. The number of halogens is 3. The van der Waals surface area contributed by atoms with Crippen LogP contribution in [0.4, 0.5) is 19.0 Å². The van der Waals surface area contributed by atoms with Crippen LogP contribution in [0.3, 0.4) is 0 Å². The molecule has 3 rings (SSSR count). The van der Waals surface area contributed by atoms with Crippen molar-refractivity contribution >= 4 is 11.7 Å². The Morgan fingerprint density at radius 1 is 1.20 bits per heavy atom. The molecule has 2 atom stereocenters. The van der Waals surface area contributed by atoms with Crippen molar-refractivity contribution in [2.24, 2.45) is 0 Å².